The minimum Gasteiger partial charge on any atom is -0.345 e. The normalized spacial score (nSPS) is 10.9. The molecule has 0 aliphatic carbocycles. The van der Waals surface area contributed by atoms with Crippen LogP contribution in [-0.2, 0) is 6.54 Å². The number of nitrogens with zero attached hydrogens (tertiary/aromatic N) is 4. The van der Waals surface area contributed by atoms with Gasteiger partial charge in [0.1, 0.15) is 0 Å². The van der Waals surface area contributed by atoms with Gasteiger partial charge in [-0.3, -0.25) is 4.79 Å². The number of alkyl halides is 2. The van der Waals surface area contributed by atoms with Crippen molar-refractivity contribution in [2.45, 2.75) is 24.1 Å². The molecule has 0 saturated carbocycles. The zero-order valence-corrected chi connectivity index (χ0v) is 14.6. The maximum Gasteiger partial charge on any atom is 0.288 e. The summed E-state index contributed by atoms with van der Waals surface area (Å²) in [5.41, 5.74) is 2.05. The van der Waals surface area contributed by atoms with Crippen LogP contribution in [-0.4, -0.2) is 31.9 Å². The number of aryl methyl sites for hydroxylation is 1. The standard InChI is InChI=1S/C17H15F2N5OS/c1-11-6-8-12(9-7-11)24-15(21-22-23-24)10-20-16(25)13-4-2-3-5-14(13)26-17(18)19/h2-9,17H,10H2,1H3,(H,20,25). The van der Waals surface area contributed by atoms with E-state index in [0.29, 0.717) is 17.6 Å². The Hall–Kier alpha value is -2.81. The third-order valence-electron chi connectivity index (χ3n) is 3.57. The van der Waals surface area contributed by atoms with Crippen LogP contribution >= 0.6 is 11.8 Å². The van der Waals surface area contributed by atoms with Crippen LogP contribution in [0.2, 0.25) is 0 Å². The van der Waals surface area contributed by atoms with Gasteiger partial charge in [-0.2, -0.15) is 13.5 Å². The number of hydrogen-bond donors (Lipinski definition) is 1. The Morgan fingerprint density at radius 1 is 1.19 bits per heavy atom. The average Bonchev–Trinajstić information content (AvgIpc) is 3.09. The zero-order valence-electron chi connectivity index (χ0n) is 13.8. The first kappa shape index (κ1) is 18.0. The van der Waals surface area contributed by atoms with Gasteiger partial charge in [-0.1, -0.05) is 41.6 Å². The van der Waals surface area contributed by atoms with Gasteiger partial charge in [-0.25, -0.2) is 0 Å². The summed E-state index contributed by atoms with van der Waals surface area (Å²) in [7, 11) is 0. The molecule has 26 heavy (non-hydrogen) atoms. The summed E-state index contributed by atoms with van der Waals surface area (Å²) in [6.07, 6.45) is 0. The molecular weight excluding hydrogens is 360 g/mol. The number of aromatic nitrogens is 4. The highest BCUT2D eigenvalue weighted by atomic mass is 32.2. The Morgan fingerprint density at radius 3 is 2.65 bits per heavy atom. The lowest BCUT2D eigenvalue weighted by atomic mass is 10.2. The largest absolute Gasteiger partial charge is 0.345 e. The van der Waals surface area contributed by atoms with Crippen molar-refractivity contribution in [3.63, 3.8) is 0 Å². The number of tetrazole rings is 1. The Morgan fingerprint density at radius 2 is 1.92 bits per heavy atom. The van der Waals surface area contributed by atoms with E-state index in [-0.39, 0.29) is 17.0 Å². The fourth-order valence-electron chi connectivity index (χ4n) is 2.31. The molecule has 6 nitrogen and oxygen atoms in total. The Balaban J connectivity index is 1.74. The van der Waals surface area contributed by atoms with Crippen molar-refractivity contribution in [2.75, 3.05) is 0 Å². The monoisotopic (exact) mass is 375 g/mol. The molecule has 1 aromatic heterocycles. The first-order valence-electron chi connectivity index (χ1n) is 7.71. The molecule has 0 aliphatic heterocycles. The molecule has 0 spiro atoms. The number of rotatable bonds is 6. The molecule has 9 heteroatoms. The minimum absolute atomic E-state index is 0.0629. The molecule has 1 heterocycles. The van der Waals surface area contributed by atoms with Gasteiger partial charge in [0.15, 0.2) is 5.82 Å². The van der Waals surface area contributed by atoms with Gasteiger partial charge < -0.3 is 5.32 Å². The van der Waals surface area contributed by atoms with Gasteiger partial charge >= 0.3 is 0 Å². The molecule has 3 aromatic rings. The molecule has 1 amide bonds. The van der Waals surface area contributed by atoms with Crippen molar-refractivity contribution in [1.82, 2.24) is 25.5 Å². The van der Waals surface area contributed by atoms with Gasteiger partial charge in [0.25, 0.3) is 11.7 Å². The SMILES string of the molecule is Cc1ccc(-n2nnnc2CNC(=O)c2ccccc2SC(F)F)cc1. The van der Waals surface area contributed by atoms with Crippen molar-refractivity contribution in [3.05, 3.63) is 65.5 Å². The molecule has 0 fully saturated rings. The summed E-state index contributed by atoms with van der Waals surface area (Å²) < 4.78 is 26.8. The molecular formula is C17H15F2N5OS. The predicted octanol–water partition coefficient (Wildman–Crippen LogP) is 3.22. The number of carbonyl (C=O) groups excluding carboxylic acids is 1. The first-order chi connectivity index (χ1) is 12.5. The number of carbonyl (C=O) groups is 1. The summed E-state index contributed by atoms with van der Waals surface area (Å²) in [4.78, 5) is 12.6. The van der Waals surface area contributed by atoms with E-state index in [2.05, 4.69) is 20.8 Å². The molecule has 134 valence electrons. The lowest BCUT2D eigenvalue weighted by Gasteiger charge is -2.10. The van der Waals surface area contributed by atoms with Crippen molar-refractivity contribution in [3.8, 4) is 5.69 Å². The lowest BCUT2D eigenvalue weighted by Crippen LogP contribution is -2.25. The van der Waals surface area contributed by atoms with Crippen LogP contribution in [0.5, 0.6) is 0 Å². The van der Waals surface area contributed by atoms with Crippen LogP contribution in [0, 0.1) is 6.92 Å². The van der Waals surface area contributed by atoms with E-state index in [1.54, 1.807) is 12.1 Å². The number of nitrogens with one attached hydrogen (secondary N) is 1. The van der Waals surface area contributed by atoms with E-state index < -0.39 is 11.7 Å². The fourth-order valence-corrected chi connectivity index (χ4v) is 2.95. The van der Waals surface area contributed by atoms with Gasteiger partial charge in [-0.15, -0.1) is 5.10 Å². The Kier molecular flexibility index (Phi) is 5.57. The smallest absolute Gasteiger partial charge is 0.288 e. The lowest BCUT2D eigenvalue weighted by molar-refractivity contribution is 0.0946. The molecule has 0 saturated heterocycles. The second kappa shape index (κ2) is 8.05. The summed E-state index contributed by atoms with van der Waals surface area (Å²) >= 11 is 0.338. The predicted molar refractivity (Wildman–Crippen MR) is 93.4 cm³/mol. The highest BCUT2D eigenvalue weighted by Gasteiger charge is 2.16. The molecule has 0 aliphatic rings. The summed E-state index contributed by atoms with van der Waals surface area (Å²) in [6, 6.07) is 13.8. The van der Waals surface area contributed by atoms with Gasteiger partial charge in [-0.05, 0) is 41.6 Å². The minimum atomic E-state index is -2.60. The number of thioether (sulfide) groups is 1. The first-order valence-corrected chi connectivity index (χ1v) is 8.59. The molecule has 0 radical (unpaired) electrons. The highest BCUT2D eigenvalue weighted by molar-refractivity contribution is 7.99. The number of hydrogen-bond acceptors (Lipinski definition) is 5. The van der Waals surface area contributed by atoms with E-state index in [4.69, 9.17) is 0 Å². The highest BCUT2D eigenvalue weighted by Crippen LogP contribution is 2.28. The van der Waals surface area contributed by atoms with E-state index >= 15 is 0 Å². The maximum absolute atomic E-state index is 12.6. The molecule has 0 unspecified atom stereocenters. The summed E-state index contributed by atoms with van der Waals surface area (Å²) in [6.45, 7) is 2.03. The second-order valence-corrected chi connectivity index (χ2v) is 6.43. The van der Waals surface area contributed by atoms with Crippen LogP contribution in [0.1, 0.15) is 21.7 Å². The van der Waals surface area contributed by atoms with Crippen LogP contribution < -0.4 is 5.32 Å². The van der Waals surface area contributed by atoms with Crippen LogP contribution in [0.25, 0.3) is 5.69 Å². The quantitative estimate of drug-likeness (QED) is 0.670. The summed E-state index contributed by atoms with van der Waals surface area (Å²) in [5, 5.41) is 14.2. The van der Waals surface area contributed by atoms with Gasteiger partial charge in [0.2, 0.25) is 0 Å². The molecule has 2 aromatic carbocycles. The van der Waals surface area contributed by atoms with Crippen LogP contribution in [0.15, 0.2) is 53.4 Å². The van der Waals surface area contributed by atoms with Crippen molar-refractivity contribution in [1.29, 1.82) is 0 Å². The van der Waals surface area contributed by atoms with Gasteiger partial charge in [0, 0.05) is 4.90 Å². The number of benzene rings is 2. The number of halogens is 2. The average molecular weight is 375 g/mol. The van der Waals surface area contributed by atoms with Crippen molar-refractivity contribution in [2.24, 2.45) is 0 Å². The summed E-state index contributed by atoms with van der Waals surface area (Å²) in [5.74, 6) is -2.63. The third-order valence-corrected chi connectivity index (χ3v) is 4.36. The van der Waals surface area contributed by atoms with Crippen LogP contribution in [0.3, 0.4) is 0 Å². The maximum atomic E-state index is 12.6. The van der Waals surface area contributed by atoms with Crippen LogP contribution in [0.4, 0.5) is 8.78 Å². The number of amides is 1. The van der Waals surface area contributed by atoms with Gasteiger partial charge in [0.05, 0.1) is 17.8 Å². The Bertz CT molecular complexity index is 898. The molecule has 0 bridgehead atoms. The van der Waals surface area contributed by atoms with Crippen molar-refractivity contribution >= 4 is 17.7 Å². The zero-order chi connectivity index (χ0) is 18.5. The molecule has 1 N–H and O–H groups in total. The Labute approximate surface area is 152 Å². The van der Waals surface area contributed by atoms with E-state index in [9.17, 15) is 13.6 Å². The van der Waals surface area contributed by atoms with Crippen molar-refractivity contribution < 1.29 is 13.6 Å². The van der Waals surface area contributed by atoms with E-state index in [0.717, 1.165) is 11.3 Å². The van der Waals surface area contributed by atoms with E-state index in [1.807, 2.05) is 31.2 Å². The third kappa shape index (κ3) is 4.23. The van der Waals surface area contributed by atoms with E-state index in [1.165, 1.54) is 16.8 Å². The second-order valence-electron chi connectivity index (χ2n) is 5.40. The molecule has 3 rings (SSSR count). The molecule has 0 atom stereocenters. The fraction of sp³-hybridized carbons (Fsp3) is 0.176. The topological polar surface area (TPSA) is 72.7 Å².